The second-order valence-corrected chi connectivity index (χ2v) is 5.14. The van der Waals surface area contributed by atoms with Crippen molar-refractivity contribution in [2.75, 3.05) is 0 Å². The van der Waals surface area contributed by atoms with E-state index in [4.69, 9.17) is 0 Å². The van der Waals surface area contributed by atoms with Gasteiger partial charge in [0.1, 0.15) is 5.69 Å². The van der Waals surface area contributed by atoms with Crippen LogP contribution in [0.15, 0.2) is 42.6 Å². The smallest absolute Gasteiger partial charge is 0.268 e. The summed E-state index contributed by atoms with van der Waals surface area (Å²) in [5.41, 5.74) is 2.52. The number of aliphatic hydroxyl groups excluding tert-OH is 1. The Kier molecular flexibility index (Phi) is 3.56. The molecule has 104 valence electrons. The number of benzene rings is 1. The minimum absolute atomic E-state index is 0.00943. The van der Waals surface area contributed by atoms with Crippen LogP contribution in [0.1, 0.15) is 40.5 Å². The molecule has 3 rings (SSSR count). The topological polar surface area (TPSA) is 54.3 Å². The van der Waals surface area contributed by atoms with Gasteiger partial charge in [0, 0.05) is 18.8 Å². The first-order chi connectivity index (χ1) is 9.79. The van der Waals surface area contributed by atoms with E-state index in [1.807, 2.05) is 47.2 Å². The van der Waals surface area contributed by atoms with E-state index in [-0.39, 0.29) is 12.5 Å². The SMILES string of the molecule is O=C(NCc1ccccc1CO)c1cccn1C1CC1. The Hall–Kier alpha value is -2.07. The van der Waals surface area contributed by atoms with Crippen molar-refractivity contribution in [3.8, 4) is 0 Å². The van der Waals surface area contributed by atoms with Gasteiger partial charge in [0.25, 0.3) is 5.91 Å². The van der Waals surface area contributed by atoms with Gasteiger partial charge in [-0.1, -0.05) is 24.3 Å². The number of amides is 1. The summed E-state index contributed by atoms with van der Waals surface area (Å²) in [6, 6.07) is 11.8. The molecular weight excluding hydrogens is 252 g/mol. The molecule has 2 N–H and O–H groups in total. The Bertz CT molecular complexity index is 614. The number of hydrogen-bond donors (Lipinski definition) is 2. The first kappa shape index (κ1) is 12.9. The molecule has 0 bridgehead atoms. The number of carbonyl (C=O) groups is 1. The van der Waals surface area contributed by atoms with Gasteiger partial charge in [0.2, 0.25) is 0 Å². The van der Waals surface area contributed by atoms with Crippen molar-refractivity contribution in [2.24, 2.45) is 0 Å². The lowest BCUT2D eigenvalue weighted by Crippen LogP contribution is -2.25. The maximum Gasteiger partial charge on any atom is 0.268 e. The van der Waals surface area contributed by atoms with Crippen LogP contribution in [0.3, 0.4) is 0 Å². The molecule has 1 amide bonds. The van der Waals surface area contributed by atoms with Crippen LogP contribution in [0.5, 0.6) is 0 Å². The summed E-state index contributed by atoms with van der Waals surface area (Å²) in [4.78, 5) is 12.2. The Morgan fingerprint density at radius 3 is 2.65 bits per heavy atom. The van der Waals surface area contributed by atoms with Crippen molar-refractivity contribution >= 4 is 5.91 Å². The highest BCUT2D eigenvalue weighted by molar-refractivity contribution is 5.92. The summed E-state index contributed by atoms with van der Waals surface area (Å²) in [7, 11) is 0. The number of carbonyl (C=O) groups excluding carboxylic acids is 1. The summed E-state index contributed by atoms with van der Waals surface area (Å²) in [5.74, 6) is -0.0605. The van der Waals surface area contributed by atoms with Crippen LogP contribution in [0.25, 0.3) is 0 Å². The zero-order valence-corrected chi connectivity index (χ0v) is 11.2. The van der Waals surface area contributed by atoms with Crippen molar-refractivity contribution in [3.05, 3.63) is 59.4 Å². The molecule has 0 atom stereocenters. The molecule has 4 heteroatoms. The second kappa shape index (κ2) is 5.51. The molecule has 1 aliphatic rings. The molecule has 0 saturated heterocycles. The molecule has 1 aromatic carbocycles. The molecule has 2 aromatic rings. The van der Waals surface area contributed by atoms with E-state index in [9.17, 15) is 9.90 Å². The molecular formula is C16H18N2O2. The fraction of sp³-hybridized carbons (Fsp3) is 0.312. The average Bonchev–Trinajstić information content (AvgIpc) is 3.22. The summed E-state index contributed by atoms with van der Waals surface area (Å²) in [5, 5.41) is 12.2. The van der Waals surface area contributed by atoms with Crippen LogP contribution in [-0.4, -0.2) is 15.6 Å². The fourth-order valence-corrected chi connectivity index (χ4v) is 2.41. The third kappa shape index (κ3) is 2.60. The number of aliphatic hydroxyl groups is 1. The number of hydrogen-bond acceptors (Lipinski definition) is 2. The Balaban J connectivity index is 1.68. The highest BCUT2D eigenvalue weighted by Crippen LogP contribution is 2.35. The zero-order valence-electron chi connectivity index (χ0n) is 11.2. The molecule has 1 aromatic heterocycles. The Morgan fingerprint density at radius 1 is 1.20 bits per heavy atom. The van der Waals surface area contributed by atoms with Gasteiger partial charge in [0.15, 0.2) is 0 Å². The maximum atomic E-state index is 12.2. The minimum Gasteiger partial charge on any atom is -0.392 e. The Labute approximate surface area is 118 Å². The van der Waals surface area contributed by atoms with Gasteiger partial charge in [-0.2, -0.15) is 0 Å². The van der Waals surface area contributed by atoms with E-state index in [1.165, 1.54) is 0 Å². The number of rotatable bonds is 5. The second-order valence-electron chi connectivity index (χ2n) is 5.14. The maximum absolute atomic E-state index is 12.2. The first-order valence-corrected chi connectivity index (χ1v) is 6.92. The summed E-state index contributed by atoms with van der Waals surface area (Å²) in [6.45, 7) is 0.426. The van der Waals surface area contributed by atoms with Gasteiger partial charge in [-0.05, 0) is 36.1 Å². The lowest BCUT2D eigenvalue weighted by Gasteiger charge is -2.11. The minimum atomic E-state index is -0.0605. The van der Waals surface area contributed by atoms with E-state index in [1.54, 1.807) is 0 Å². The molecule has 0 spiro atoms. The first-order valence-electron chi connectivity index (χ1n) is 6.92. The average molecular weight is 270 g/mol. The van der Waals surface area contributed by atoms with Crippen molar-refractivity contribution in [3.63, 3.8) is 0 Å². The lowest BCUT2D eigenvalue weighted by molar-refractivity contribution is 0.0941. The molecule has 0 unspecified atom stereocenters. The number of nitrogens with zero attached hydrogens (tertiary/aromatic N) is 1. The van der Waals surface area contributed by atoms with Crippen LogP contribution >= 0.6 is 0 Å². The normalized spacial score (nSPS) is 14.2. The molecule has 0 radical (unpaired) electrons. The third-order valence-electron chi connectivity index (χ3n) is 3.68. The van der Waals surface area contributed by atoms with Crippen LogP contribution in [0.4, 0.5) is 0 Å². The molecule has 1 saturated carbocycles. The zero-order chi connectivity index (χ0) is 13.9. The van der Waals surface area contributed by atoms with Crippen molar-refractivity contribution in [2.45, 2.75) is 32.0 Å². The van der Waals surface area contributed by atoms with E-state index in [0.717, 1.165) is 24.0 Å². The van der Waals surface area contributed by atoms with Gasteiger partial charge in [-0.15, -0.1) is 0 Å². The van der Waals surface area contributed by atoms with Gasteiger partial charge in [-0.3, -0.25) is 4.79 Å². The molecule has 20 heavy (non-hydrogen) atoms. The van der Waals surface area contributed by atoms with Crippen molar-refractivity contribution in [1.29, 1.82) is 0 Å². The molecule has 0 aliphatic heterocycles. The molecule has 4 nitrogen and oxygen atoms in total. The monoisotopic (exact) mass is 270 g/mol. The van der Waals surface area contributed by atoms with E-state index in [2.05, 4.69) is 5.32 Å². The van der Waals surface area contributed by atoms with Gasteiger partial charge < -0.3 is 15.0 Å². The van der Waals surface area contributed by atoms with Crippen LogP contribution in [0.2, 0.25) is 0 Å². The van der Waals surface area contributed by atoms with Gasteiger partial charge in [-0.25, -0.2) is 0 Å². The molecule has 1 heterocycles. The third-order valence-corrected chi connectivity index (χ3v) is 3.68. The standard InChI is InChI=1S/C16H18N2O2/c19-11-13-5-2-1-4-12(13)10-17-16(20)15-6-3-9-18(15)14-7-8-14/h1-6,9,14,19H,7-8,10-11H2,(H,17,20). The molecule has 1 fully saturated rings. The van der Waals surface area contributed by atoms with Crippen molar-refractivity contribution < 1.29 is 9.90 Å². The Morgan fingerprint density at radius 2 is 1.95 bits per heavy atom. The molecule has 1 aliphatic carbocycles. The largest absolute Gasteiger partial charge is 0.392 e. The quantitative estimate of drug-likeness (QED) is 0.875. The van der Waals surface area contributed by atoms with E-state index < -0.39 is 0 Å². The lowest BCUT2D eigenvalue weighted by atomic mass is 10.1. The summed E-state index contributed by atoms with van der Waals surface area (Å²) in [6.07, 6.45) is 4.28. The highest BCUT2D eigenvalue weighted by atomic mass is 16.3. The highest BCUT2D eigenvalue weighted by Gasteiger charge is 2.26. The summed E-state index contributed by atoms with van der Waals surface area (Å²) < 4.78 is 2.05. The van der Waals surface area contributed by atoms with Gasteiger partial charge >= 0.3 is 0 Å². The fourth-order valence-electron chi connectivity index (χ4n) is 2.41. The predicted molar refractivity (Wildman–Crippen MR) is 76.2 cm³/mol. The number of nitrogens with one attached hydrogen (secondary N) is 1. The van der Waals surface area contributed by atoms with Crippen LogP contribution in [0, 0.1) is 0 Å². The van der Waals surface area contributed by atoms with E-state index in [0.29, 0.717) is 18.3 Å². The van der Waals surface area contributed by atoms with E-state index >= 15 is 0 Å². The summed E-state index contributed by atoms with van der Waals surface area (Å²) >= 11 is 0. The van der Waals surface area contributed by atoms with Crippen molar-refractivity contribution in [1.82, 2.24) is 9.88 Å². The predicted octanol–water partition coefficient (Wildman–Crippen LogP) is 2.25. The van der Waals surface area contributed by atoms with Gasteiger partial charge in [0.05, 0.1) is 6.61 Å². The van der Waals surface area contributed by atoms with Crippen LogP contribution in [-0.2, 0) is 13.2 Å². The number of aromatic nitrogens is 1. The van der Waals surface area contributed by atoms with Crippen LogP contribution < -0.4 is 5.32 Å².